The number of anilines is 1. The van der Waals surface area contributed by atoms with Gasteiger partial charge in [-0.15, -0.1) is 0 Å². The summed E-state index contributed by atoms with van der Waals surface area (Å²) in [5, 5.41) is 2.99. The molecule has 3 N–H and O–H groups in total. The third kappa shape index (κ3) is 2.64. The summed E-state index contributed by atoms with van der Waals surface area (Å²) >= 11 is 0. The van der Waals surface area contributed by atoms with Crippen molar-refractivity contribution in [2.75, 3.05) is 24.5 Å². The van der Waals surface area contributed by atoms with Gasteiger partial charge in [0.25, 0.3) is 0 Å². The Labute approximate surface area is 108 Å². The van der Waals surface area contributed by atoms with Crippen LogP contribution in [0.5, 0.6) is 0 Å². The van der Waals surface area contributed by atoms with Gasteiger partial charge in [-0.1, -0.05) is 12.1 Å². The van der Waals surface area contributed by atoms with Crippen LogP contribution in [0.1, 0.15) is 17.5 Å². The maximum absolute atomic E-state index is 11.7. The first-order valence-electron chi connectivity index (χ1n) is 6.42. The molecule has 1 aromatic carbocycles. The average molecular weight is 247 g/mol. The van der Waals surface area contributed by atoms with E-state index in [9.17, 15) is 4.79 Å². The van der Waals surface area contributed by atoms with E-state index in [1.807, 2.05) is 6.07 Å². The number of benzene rings is 1. The monoisotopic (exact) mass is 247 g/mol. The summed E-state index contributed by atoms with van der Waals surface area (Å²) in [7, 11) is 0. The Kier molecular flexibility index (Phi) is 3.87. The first kappa shape index (κ1) is 12.9. The lowest BCUT2D eigenvalue weighted by Crippen LogP contribution is -2.55. The maximum atomic E-state index is 11.7. The van der Waals surface area contributed by atoms with Gasteiger partial charge in [0.1, 0.15) is 0 Å². The fourth-order valence-corrected chi connectivity index (χ4v) is 2.45. The second kappa shape index (κ2) is 5.40. The normalized spacial score (nSPS) is 19.8. The van der Waals surface area contributed by atoms with Gasteiger partial charge in [-0.05, 0) is 44.0 Å². The predicted molar refractivity (Wildman–Crippen MR) is 73.7 cm³/mol. The van der Waals surface area contributed by atoms with Crippen molar-refractivity contribution >= 4 is 11.6 Å². The number of nitrogens with one attached hydrogen (secondary N) is 1. The number of amides is 1. The number of carbonyl (C=O) groups is 1. The molecular formula is C14H21N3O. The van der Waals surface area contributed by atoms with E-state index in [0.29, 0.717) is 13.1 Å². The van der Waals surface area contributed by atoms with Gasteiger partial charge in [-0.3, -0.25) is 4.79 Å². The van der Waals surface area contributed by atoms with E-state index >= 15 is 0 Å². The van der Waals surface area contributed by atoms with Crippen molar-refractivity contribution in [2.45, 2.75) is 26.3 Å². The number of rotatable bonds is 3. The molecule has 0 bridgehead atoms. The Morgan fingerprint density at radius 1 is 1.44 bits per heavy atom. The number of aryl methyl sites for hydroxylation is 1. The summed E-state index contributed by atoms with van der Waals surface area (Å²) in [5.41, 5.74) is 9.24. The highest BCUT2D eigenvalue weighted by molar-refractivity contribution is 5.83. The van der Waals surface area contributed by atoms with Crippen LogP contribution in [0.2, 0.25) is 0 Å². The molecule has 0 saturated carbocycles. The number of piperazine rings is 1. The fraction of sp³-hybridized carbons (Fsp3) is 0.500. The molecule has 1 aromatic rings. The summed E-state index contributed by atoms with van der Waals surface area (Å²) < 4.78 is 0. The summed E-state index contributed by atoms with van der Waals surface area (Å²) in [6.07, 6.45) is 0.826. The third-order valence-electron chi connectivity index (χ3n) is 3.57. The highest BCUT2D eigenvalue weighted by Crippen LogP contribution is 2.24. The van der Waals surface area contributed by atoms with Gasteiger partial charge < -0.3 is 16.0 Å². The molecule has 1 fully saturated rings. The van der Waals surface area contributed by atoms with Crippen LogP contribution < -0.4 is 16.0 Å². The Balaban J connectivity index is 2.21. The number of hydrogen-bond donors (Lipinski definition) is 2. The molecule has 1 heterocycles. The molecule has 2 rings (SSSR count). The van der Waals surface area contributed by atoms with E-state index in [1.54, 1.807) is 0 Å². The number of carbonyl (C=O) groups excluding carboxylic acids is 1. The molecule has 1 aliphatic heterocycles. The number of hydrogen-bond acceptors (Lipinski definition) is 3. The van der Waals surface area contributed by atoms with Crippen LogP contribution in [0.15, 0.2) is 18.2 Å². The van der Waals surface area contributed by atoms with Gasteiger partial charge in [-0.25, -0.2) is 0 Å². The van der Waals surface area contributed by atoms with E-state index < -0.39 is 0 Å². The number of nitrogens with two attached hydrogens (primary N) is 1. The van der Waals surface area contributed by atoms with Crippen LogP contribution in [0, 0.1) is 13.8 Å². The van der Waals surface area contributed by atoms with Crippen LogP contribution in [0.4, 0.5) is 5.69 Å². The number of nitrogens with zero attached hydrogens (tertiary/aromatic N) is 1. The lowest BCUT2D eigenvalue weighted by Gasteiger charge is -2.35. The van der Waals surface area contributed by atoms with Gasteiger partial charge >= 0.3 is 0 Å². The topological polar surface area (TPSA) is 58.4 Å². The van der Waals surface area contributed by atoms with Gasteiger partial charge in [0, 0.05) is 18.3 Å². The lowest BCUT2D eigenvalue weighted by molar-refractivity contribution is -0.121. The first-order valence-corrected chi connectivity index (χ1v) is 6.42. The summed E-state index contributed by atoms with van der Waals surface area (Å²) in [6.45, 7) is 6.08. The molecule has 18 heavy (non-hydrogen) atoms. The second-order valence-electron chi connectivity index (χ2n) is 4.94. The Morgan fingerprint density at radius 3 is 2.94 bits per heavy atom. The second-order valence-corrected chi connectivity index (χ2v) is 4.94. The smallest absolute Gasteiger partial charge is 0.239 e. The Bertz CT molecular complexity index is 445. The van der Waals surface area contributed by atoms with Crippen molar-refractivity contribution in [3.8, 4) is 0 Å². The summed E-state index contributed by atoms with van der Waals surface area (Å²) in [6, 6.07) is 6.39. The molecule has 1 aliphatic rings. The van der Waals surface area contributed by atoms with Crippen LogP contribution in [0.3, 0.4) is 0 Å². The molecule has 0 radical (unpaired) electrons. The average Bonchev–Trinajstić information content (AvgIpc) is 2.32. The molecular weight excluding hydrogens is 226 g/mol. The van der Waals surface area contributed by atoms with Crippen molar-refractivity contribution < 1.29 is 4.79 Å². The summed E-state index contributed by atoms with van der Waals surface area (Å²) in [4.78, 5) is 13.9. The van der Waals surface area contributed by atoms with Crippen LogP contribution in [-0.4, -0.2) is 31.6 Å². The third-order valence-corrected chi connectivity index (χ3v) is 3.57. The van der Waals surface area contributed by atoms with Gasteiger partial charge in [0.2, 0.25) is 5.91 Å². The Morgan fingerprint density at radius 2 is 2.22 bits per heavy atom. The predicted octanol–water partition coefficient (Wildman–Crippen LogP) is 0.957. The van der Waals surface area contributed by atoms with Crippen molar-refractivity contribution in [3.05, 3.63) is 29.3 Å². The minimum atomic E-state index is 0.0839. The van der Waals surface area contributed by atoms with E-state index in [1.165, 1.54) is 11.1 Å². The van der Waals surface area contributed by atoms with Crippen LogP contribution in [-0.2, 0) is 4.79 Å². The van der Waals surface area contributed by atoms with Gasteiger partial charge in [-0.2, -0.15) is 0 Å². The van der Waals surface area contributed by atoms with Crippen molar-refractivity contribution in [1.82, 2.24) is 5.32 Å². The van der Waals surface area contributed by atoms with E-state index in [0.717, 1.165) is 18.7 Å². The maximum Gasteiger partial charge on any atom is 0.239 e. The Hall–Kier alpha value is -1.55. The molecule has 1 amide bonds. The molecule has 4 heteroatoms. The molecule has 4 nitrogen and oxygen atoms in total. The van der Waals surface area contributed by atoms with Crippen LogP contribution >= 0.6 is 0 Å². The van der Waals surface area contributed by atoms with E-state index in [2.05, 4.69) is 36.2 Å². The largest absolute Gasteiger partial charge is 0.360 e. The van der Waals surface area contributed by atoms with Crippen molar-refractivity contribution in [2.24, 2.45) is 5.73 Å². The minimum Gasteiger partial charge on any atom is -0.360 e. The zero-order valence-corrected chi connectivity index (χ0v) is 11.1. The molecule has 0 aromatic heterocycles. The zero-order valence-electron chi connectivity index (χ0n) is 11.1. The van der Waals surface area contributed by atoms with E-state index in [-0.39, 0.29) is 11.9 Å². The standard InChI is InChI=1S/C14H21N3O/c1-10-4-3-5-13(11(10)2)17-8-12(6-7-15)16-14(18)9-17/h3-5,12H,6-9,15H2,1-2H3,(H,16,18). The van der Waals surface area contributed by atoms with Gasteiger partial charge in [0.05, 0.1) is 6.54 Å². The molecule has 0 spiro atoms. The van der Waals surface area contributed by atoms with Crippen LogP contribution in [0.25, 0.3) is 0 Å². The van der Waals surface area contributed by atoms with E-state index in [4.69, 9.17) is 5.73 Å². The zero-order chi connectivity index (χ0) is 13.1. The molecule has 0 aliphatic carbocycles. The van der Waals surface area contributed by atoms with Crippen molar-refractivity contribution in [1.29, 1.82) is 0 Å². The fourth-order valence-electron chi connectivity index (χ4n) is 2.45. The highest BCUT2D eigenvalue weighted by atomic mass is 16.2. The van der Waals surface area contributed by atoms with Crippen molar-refractivity contribution in [3.63, 3.8) is 0 Å². The molecule has 1 unspecified atom stereocenters. The highest BCUT2D eigenvalue weighted by Gasteiger charge is 2.25. The molecule has 1 atom stereocenters. The SMILES string of the molecule is Cc1cccc(N2CC(=O)NC(CCN)C2)c1C. The molecule has 1 saturated heterocycles. The molecule has 98 valence electrons. The minimum absolute atomic E-state index is 0.0839. The summed E-state index contributed by atoms with van der Waals surface area (Å²) in [5.74, 6) is 0.0839. The first-order chi connectivity index (χ1) is 8.61. The quantitative estimate of drug-likeness (QED) is 0.836. The lowest BCUT2D eigenvalue weighted by atomic mass is 10.0. The van der Waals surface area contributed by atoms with Gasteiger partial charge in [0.15, 0.2) is 0 Å².